The largest absolute Gasteiger partial charge is 0.212 e. The Balaban J connectivity index is 1.83. The second kappa shape index (κ2) is 5.09. The van der Waals surface area contributed by atoms with E-state index < -0.39 is 0 Å². The van der Waals surface area contributed by atoms with E-state index in [4.69, 9.17) is 0 Å². The van der Waals surface area contributed by atoms with Crippen LogP contribution in [0, 0.1) is 5.82 Å². The van der Waals surface area contributed by atoms with E-state index in [9.17, 15) is 4.39 Å². The Morgan fingerprint density at radius 3 is 2.90 bits per heavy atom. The fraction of sp³-hybridized carbons (Fsp3) is 0.0714. The zero-order valence-corrected chi connectivity index (χ0v) is 12.4. The molecule has 0 fully saturated rings. The number of thioether (sulfide) groups is 1. The summed E-state index contributed by atoms with van der Waals surface area (Å²) in [6, 6.07) is 10.4. The van der Waals surface area contributed by atoms with Gasteiger partial charge in [-0.15, -0.1) is 21.5 Å². The lowest BCUT2D eigenvalue weighted by Crippen LogP contribution is -2.12. The Kier molecular flexibility index (Phi) is 3.08. The highest BCUT2D eigenvalue weighted by molar-refractivity contribution is 7.99. The van der Waals surface area contributed by atoms with E-state index in [1.165, 1.54) is 12.1 Å². The second-order valence-electron chi connectivity index (χ2n) is 4.44. The van der Waals surface area contributed by atoms with Crippen molar-refractivity contribution >= 4 is 28.8 Å². The van der Waals surface area contributed by atoms with E-state index in [2.05, 4.69) is 15.3 Å². The normalized spacial score (nSPS) is 13.9. The Morgan fingerprint density at radius 2 is 2.10 bits per heavy atom. The average Bonchev–Trinajstić information content (AvgIpc) is 3.16. The molecule has 0 unspecified atom stereocenters. The number of benzene rings is 1. The number of hydrogen-bond acceptors (Lipinski definition) is 5. The number of nitrogens with zero attached hydrogens (tertiary/aromatic N) is 4. The zero-order chi connectivity index (χ0) is 14.2. The SMILES string of the molecule is Fc1cccc(-c2nnc3n2N=C(c2cccs2)CS3)c1. The third-order valence-corrected chi connectivity index (χ3v) is 4.91. The third-order valence-electron chi connectivity index (χ3n) is 3.06. The summed E-state index contributed by atoms with van der Waals surface area (Å²) >= 11 is 3.24. The number of halogens is 1. The lowest BCUT2D eigenvalue weighted by Gasteiger charge is -2.12. The van der Waals surface area contributed by atoms with Crippen molar-refractivity contribution in [2.24, 2.45) is 5.10 Å². The van der Waals surface area contributed by atoms with Gasteiger partial charge in [0.25, 0.3) is 0 Å². The van der Waals surface area contributed by atoms with E-state index in [1.54, 1.807) is 39.9 Å². The van der Waals surface area contributed by atoms with Crippen LogP contribution in [0.4, 0.5) is 4.39 Å². The highest BCUT2D eigenvalue weighted by atomic mass is 32.2. The first kappa shape index (κ1) is 12.7. The molecule has 104 valence electrons. The number of fused-ring (bicyclic) bond motifs is 1. The summed E-state index contributed by atoms with van der Waals surface area (Å²) in [6.45, 7) is 0. The molecule has 4 rings (SSSR count). The van der Waals surface area contributed by atoms with Crippen LogP contribution in [0.25, 0.3) is 11.4 Å². The predicted molar refractivity (Wildman–Crippen MR) is 82.4 cm³/mol. The van der Waals surface area contributed by atoms with Crippen LogP contribution in [-0.2, 0) is 0 Å². The maximum absolute atomic E-state index is 13.4. The molecule has 21 heavy (non-hydrogen) atoms. The summed E-state index contributed by atoms with van der Waals surface area (Å²) in [5.41, 5.74) is 1.66. The minimum atomic E-state index is -0.296. The monoisotopic (exact) mass is 316 g/mol. The summed E-state index contributed by atoms with van der Waals surface area (Å²) in [7, 11) is 0. The summed E-state index contributed by atoms with van der Waals surface area (Å²) in [5, 5.41) is 15.7. The fourth-order valence-electron chi connectivity index (χ4n) is 2.10. The van der Waals surface area contributed by atoms with Crippen LogP contribution < -0.4 is 0 Å². The molecule has 0 bridgehead atoms. The van der Waals surface area contributed by atoms with Crippen molar-refractivity contribution in [2.75, 3.05) is 5.75 Å². The van der Waals surface area contributed by atoms with Gasteiger partial charge in [-0.05, 0) is 23.6 Å². The first-order chi connectivity index (χ1) is 10.3. The molecule has 0 atom stereocenters. The van der Waals surface area contributed by atoms with Gasteiger partial charge in [0, 0.05) is 11.3 Å². The molecule has 1 aliphatic rings. The lowest BCUT2D eigenvalue weighted by molar-refractivity contribution is 0.628. The Bertz CT molecular complexity index is 823. The quantitative estimate of drug-likeness (QED) is 0.727. The molecule has 0 N–H and O–H groups in total. The molecule has 1 aromatic carbocycles. The maximum Gasteiger partial charge on any atom is 0.212 e. The van der Waals surface area contributed by atoms with Crippen molar-refractivity contribution in [3.8, 4) is 11.4 Å². The van der Waals surface area contributed by atoms with Gasteiger partial charge in [-0.1, -0.05) is 30.0 Å². The standard InChI is InChI=1S/C14H9FN4S2/c15-10-4-1-3-9(7-10)13-16-17-14-19(13)18-11(8-21-14)12-5-2-6-20-12/h1-7H,8H2. The van der Waals surface area contributed by atoms with E-state index in [0.29, 0.717) is 11.4 Å². The predicted octanol–water partition coefficient (Wildman–Crippen LogP) is 3.50. The van der Waals surface area contributed by atoms with E-state index in [-0.39, 0.29) is 5.82 Å². The first-order valence-corrected chi connectivity index (χ1v) is 8.14. The van der Waals surface area contributed by atoms with Crippen molar-refractivity contribution in [2.45, 2.75) is 5.16 Å². The molecule has 7 heteroatoms. The van der Waals surface area contributed by atoms with Crippen LogP contribution in [0.5, 0.6) is 0 Å². The van der Waals surface area contributed by atoms with Gasteiger partial charge in [-0.25, -0.2) is 4.39 Å². The Morgan fingerprint density at radius 1 is 1.14 bits per heavy atom. The number of thiophene rings is 1. The summed E-state index contributed by atoms with van der Waals surface area (Å²) < 4.78 is 15.1. The second-order valence-corrected chi connectivity index (χ2v) is 6.33. The van der Waals surface area contributed by atoms with Crippen molar-refractivity contribution in [3.63, 3.8) is 0 Å². The molecule has 0 saturated heterocycles. The molecule has 2 aromatic heterocycles. The lowest BCUT2D eigenvalue weighted by atomic mass is 10.2. The molecular formula is C14H9FN4S2. The molecule has 0 aliphatic carbocycles. The van der Waals surface area contributed by atoms with Crippen LogP contribution in [0.3, 0.4) is 0 Å². The van der Waals surface area contributed by atoms with Gasteiger partial charge < -0.3 is 0 Å². The van der Waals surface area contributed by atoms with E-state index in [1.807, 2.05) is 17.5 Å². The first-order valence-electron chi connectivity index (χ1n) is 6.27. The van der Waals surface area contributed by atoms with Crippen molar-refractivity contribution in [3.05, 3.63) is 52.5 Å². The molecule has 0 saturated carbocycles. The van der Waals surface area contributed by atoms with Crippen LogP contribution in [0.15, 0.2) is 52.0 Å². The molecule has 0 spiro atoms. The van der Waals surface area contributed by atoms with Crippen LogP contribution in [-0.4, -0.2) is 26.3 Å². The Hall–Kier alpha value is -1.99. The molecule has 0 amide bonds. The Labute approximate surface area is 128 Å². The van der Waals surface area contributed by atoms with Crippen molar-refractivity contribution in [1.82, 2.24) is 14.9 Å². The van der Waals surface area contributed by atoms with Crippen LogP contribution in [0.2, 0.25) is 0 Å². The number of rotatable bonds is 2. The molecule has 0 radical (unpaired) electrons. The summed E-state index contributed by atoms with van der Waals surface area (Å²) in [5.74, 6) is 1.03. The third kappa shape index (κ3) is 2.28. The molecule has 4 nitrogen and oxygen atoms in total. The van der Waals surface area contributed by atoms with Crippen molar-refractivity contribution < 1.29 is 4.39 Å². The van der Waals surface area contributed by atoms with Gasteiger partial charge in [0.05, 0.1) is 10.6 Å². The molecule has 1 aliphatic heterocycles. The minimum absolute atomic E-state index is 0.296. The van der Waals surface area contributed by atoms with Gasteiger partial charge >= 0.3 is 0 Å². The maximum atomic E-state index is 13.4. The summed E-state index contributed by atoms with van der Waals surface area (Å²) in [6.07, 6.45) is 0. The summed E-state index contributed by atoms with van der Waals surface area (Å²) in [4.78, 5) is 1.13. The topological polar surface area (TPSA) is 43.1 Å². The van der Waals surface area contributed by atoms with Gasteiger partial charge in [-0.2, -0.15) is 9.78 Å². The fourth-order valence-corrected chi connectivity index (χ4v) is 3.73. The van der Waals surface area contributed by atoms with Gasteiger partial charge in [0.1, 0.15) is 5.82 Å². The minimum Gasteiger partial charge on any atom is -0.207 e. The molecule has 3 heterocycles. The van der Waals surface area contributed by atoms with E-state index >= 15 is 0 Å². The molecular weight excluding hydrogens is 307 g/mol. The van der Waals surface area contributed by atoms with E-state index in [0.717, 1.165) is 21.5 Å². The van der Waals surface area contributed by atoms with Crippen LogP contribution in [0.1, 0.15) is 4.88 Å². The zero-order valence-electron chi connectivity index (χ0n) is 10.7. The van der Waals surface area contributed by atoms with Gasteiger partial charge in [-0.3, -0.25) is 0 Å². The van der Waals surface area contributed by atoms with Gasteiger partial charge in [0.15, 0.2) is 5.82 Å². The smallest absolute Gasteiger partial charge is 0.207 e. The van der Waals surface area contributed by atoms with Crippen LogP contribution >= 0.6 is 23.1 Å². The highest BCUT2D eigenvalue weighted by Gasteiger charge is 2.21. The molecule has 3 aromatic rings. The van der Waals surface area contributed by atoms with Gasteiger partial charge in [0.2, 0.25) is 5.16 Å². The number of aromatic nitrogens is 3. The van der Waals surface area contributed by atoms with Crippen molar-refractivity contribution in [1.29, 1.82) is 0 Å². The number of hydrogen-bond donors (Lipinski definition) is 0. The highest BCUT2D eigenvalue weighted by Crippen LogP contribution is 2.29. The average molecular weight is 316 g/mol.